The molecule has 0 unspecified atom stereocenters. The molecular formula is C23H25N3O3S. The summed E-state index contributed by atoms with van der Waals surface area (Å²) < 4.78 is 5.72. The van der Waals surface area contributed by atoms with Crippen LogP contribution in [0.3, 0.4) is 0 Å². The van der Waals surface area contributed by atoms with Crippen LogP contribution in [0, 0.1) is 12.3 Å². The zero-order chi connectivity index (χ0) is 21.9. The predicted octanol–water partition coefficient (Wildman–Crippen LogP) is 5.39. The van der Waals surface area contributed by atoms with Crippen molar-refractivity contribution >= 4 is 29.1 Å². The number of aryl methyl sites for hydroxylation is 1. The minimum absolute atomic E-state index is 0.0518. The van der Waals surface area contributed by atoms with E-state index in [-0.39, 0.29) is 11.7 Å². The lowest BCUT2D eigenvalue weighted by atomic mass is 9.95. The third kappa shape index (κ3) is 5.36. The smallest absolute Gasteiger partial charge is 0.277 e. The molecule has 156 valence electrons. The van der Waals surface area contributed by atoms with Gasteiger partial charge < -0.3 is 9.73 Å². The van der Waals surface area contributed by atoms with Gasteiger partial charge in [0.1, 0.15) is 0 Å². The van der Waals surface area contributed by atoms with Gasteiger partial charge in [-0.15, -0.1) is 10.2 Å². The number of hydrogen-bond acceptors (Lipinski definition) is 6. The molecule has 30 heavy (non-hydrogen) atoms. The number of benzene rings is 2. The summed E-state index contributed by atoms with van der Waals surface area (Å²) in [6, 6.07) is 14.7. The average molecular weight is 424 g/mol. The van der Waals surface area contributed by atoms with Gasteiger partial charge >= 0.3 is 0 Å². The molecule has 1 amide bonds. The SMILES string of the molecule is Cc1cccc(-c2nnc(S[C@H](C)C(=O)c3ccc(NC(=O)C(C)(C)C)cc3)o2)c1. The average Bonchev–Trinajstić information content (AvgIpc) is 3.16. The number of carbonyl (C=O) groups is 2. The Labute approximate surface area is 180 Å². The van der Waals surface area contributed by atoms with Gasteiger partial charge in [0.05, 0.1) is 5.25 Å². The molecule has 1 heterocycles. The summed E-state index contributed by atoms with van der Waals surface area (Å²) in [6.45, 7) is 9.35. The van der Waals surface area contributed by atoms with E-state index < -0.39 is 10.7 Å². The van der Waals surface area contributed by atoms with Crippen molar-refractivity contribution in [3.05, 3.63) is 59.7 Å². The third-order valence-corrected chi connectivity index (χ3v) is 5.36. The lowest BCUT2D eigenvalue weighted by molar-refractivity contribution is -0.123. The highest BCUT2D eigenvalue weighted by Gasteiger charge is 2.22. The van der Waals surface area contributed by atoms with Gasteiger partial charge in [-0.2, -0.15) is 0 Å². The number of nitrogens with zero attached hydrogens (tertiary/aromatic N) is 2. The first kappa shape index (κ1) is 21.8. The predicted molar refractivity (Wildman–Crippen MR) is 119 cm³/mol. The highest BCUT2D eigenvalue weighted by molar-refractivity contribution is 8.00. The van der Waals surface area contributed by atoms with Crippen molar-refractivity contribution in [2.24, 2.45) is 5.41 Å². The number of nitrogens with one attached hydrogen (secondary N) is 1. The second kappa shape index (κ2) is 8.83. The van der Waals surface area contributed by atoms with Gasteiger partial charge in [0.15, 0.2) is 5.78 Å². The second-order valence-corrected chi connectivity index (χ2v) is 9.44. The first-order valence-electron chi connectivity index (χ1n) is 9.66. The van der Waals surface area contributed by atoms with E-state index >= 15 is 0 Å². The monoisotopic (exact) mass is 423 g/mol. The van der Waals surface area contributed by atoms with Gasteiger partial charge in [-0.1, -0.05) is 50.2 Å². The molecule has 0 bridgehead atoms. The molecule has 0 saturated carbocycles. The van der Waals surface area contributed by atoms with E-state index in [2.05, 4.69) is 15.5 Å². The molecule has 0 radical (unpaired) electrons. The molecule has 0 aliphatic heterocycles. The standard InChI is InChI=1S/C23H25N3O3S/c1-14-7-6-8-17(13-14)20-25-26-22(29-20)30-15(2)19(27)16-9-11-18(12-10-16)24-21(28)23(3,4)5/h6-13,15H,1-5H3,(H,24,28)/t15-/m1/s1. The van der Waals surface area contributed by atoms with Crippen molar-refractivity contribution in [2.45, 2.75) is 45.1 Å². The van der Waals surface area contributed by atoms with Crippen molar-refractivity contribution in [3.63, 3.8) is 0 Å². The summed E-state index contributed by atoms with van der Waals surface area (Å²) in [6.07, 6.45) is 0. The molecule has 6 nitrogen and oxygen atoms in total. The number of ketones is 1. The topological polar surface area (TPSA) is 85.1 Å². The maximum Gasteiger partial charge on any atom is 0.277 e. The molecule has 3 rings (SSSR count). The van der Waals surface area contributed by atoms with Gasteiger partial charge in [0.2, 0.25) is 11.8 Å². The zero-order valence-corrected chi connectivity index (χ0v) is 18.5. The molecular weight excluding hydrogens is 398 g/mol. The fraction of sp³-hybridized carbons (Fsp3) is 0.304. The fourth-order valence-electron chi connectivity index (χ4n) is 2.63. The highest BCUT2D eigenvalue weighted by atomic mass is 32.2. The van der Waals surface area contributed by atoms with Crippen LogP contribution in [0.25, 0.3) is 11.5 Å². The van der Waals surface area contributed by atoms with Gasteiger partial charge in [-0.05, 0) is 50.2 Å². The van der Waals surface area contributed by atoms with Crippen LogP contribution < -0.4 is 5.32 Å². The summed E-state index contributed by atoms with van der Waals surface area (Å²) in [7, 11) is 0. The van der Waals surface area contributed by atoms with Crippen LogP contribution >= 0.6 is 11.8 Å². The summed E-state index contributed by atoms with van der Waals surface area (Å²) >= 11 is 1.22. The molecule has 0 saturated heterocycles. The number of carbonyl (C=O) groups excluding carboxylic acids is 2. The molecule has 7 heteroatoms. The van der Waals surface area contributed by atoms with Gasteiger partial charge in [0, 0.05) is 22.2 Å². The Morgan fingerprint density at radius 1 is 1.07 bits per heavy atom. The minimum atomic E-state index is -0.485. The van der Waals surface area contributed by atoms with Crippen LogP contribution in [0.2, 0.25) is 0 Å². The Hall–Kier alpha value is -2.93. The number of thioether (sulfide) groups is 1. The molecule has 0 fully saturated rings. The number of amides is 1. The van der Waals surface area contributed by atoms with Crippen LogP contribution in [-0.4, -0.2) is 27.1 Å². The number of aromatic nitrogens is 2. The van der Waals surface area contributed by atoms with Gasteiger partial charge in [0.25, 0.3) is 5.22 Å². The number of hydrogen-bond donors (Lipinski definition) is 1. The Morgan fingerprint density at radius 3 is 2.40 bits per heavy atom. The molecule has 2 aromatic carbocycles. The first-order chi connectivity index (χ1) is 14.1. The lowest BCUT2D eigenvalue weighted by Crippen LogP contribution is -2.27. The molecule has 0 spiro atoms. The van der Waals surface area contributed by atoms with E-state index in [1.54, 1.807) is 31.2 Å². The molecule has 0 aliphatic carbocycles. The van der Waals surface area contributed by atoms with Crippen LogP contribution in [0.5, 0.6) is 0 Å². The summed E-state index contributed by atoms with van der Waals surface area (Å²) in [5.74, 6) is 0.301. The number of rotatable bonds is 6. The third-order valence-electron chi connectivity index (χ3n) is 4.43. The minimum Gasteiger partial charge on any atom is -0.411 e. The Bertz CT molecular complexity index is 1050. The maximum absolute atomic E-state index is 12.8. The molecule has 1 atom stereocenters. The molecule has 1 aromatic heterocycles. The Balaban J connectivity index is 1.64. The van der Waals surface area contributed by atoms with E-state index in [0.29, 0.717) is 22.4 Å². The van der Waals surface area contributed by atoms with E-state index in [1.807, 2.05) is 52.0 Å². The maximum atomic E-state index is 12.8. The van der Waals surface area contributed by atoms with E-state index in [9.17, 15) is 9.59 Å². The summed E-state index contributed by atoms with van der Waals surface area (Å²) in [4.78, 5) is 24.8. The largest absolute Gasteiger partial charge is 0.411 e. The van der Waals surface area contributed by atoms with Gasteiger partial charge in [-0.3, -0.25) is 9.59 Å². The normalized spacial score (nSPS) is 12.4. The quantitative estimate of drug-likeness (QED) is 0.422. The first-order valence-corrected chi connectivity index (χ1v) is 10.5. The van der Waals surface area contributed by atoms with Crippen molar-refractivity contribution in [3.8, 4) is 11.5 Å². The van der Waals surface area contributed by atoms with Crippen molar-refractivity contribution < 1.29 is 14.0 Å². The van der Waals surface area contributed by atoms with Crippen molar-refractivity contribution in [1.82, 2.24) is 10.2 Å². The molecule has 1 N–H and O–H groups in total. The van der Waals surface area contributed by atoms with Crippen molar-refractivity contribution in [2.75, 3.05) is 5.32 Å². The number of Topliss-reactive ketones (excluding diaryl/α,β-unsaturated/α-hetero) is 1. The van der Waals surface area contributed by atoms with E-state index in [4.69, 9.17) is 4.42 Å². The van der Waals surface area contributed by atoms with Gasteiger partial charge in [-0.25, -0.2) is 0 Å². The summed E-state index contributed by atoms with van der Waals surface area (Å²) in [5.41, 5.74) is 2.68. The fourth-order valence-corrected chi connectivity index (χ4v) is 3.39. The second-order valence-electron chi connectivity index (χ2n) is 8.15. The zero-order valence-electron chi connectivity index (χ0n) is 17.7. The van der Waals surface area contributed by atoms with Crippen molar-refractivity contribution in [1.29, 1.82) is 0 Å². The Kier molecular flexibility index (Phi) is 6.41. The highest BCUT2D eigenvalue weighted by Crippen LogP contribution is 2.28. The van der Waals surface area contributed by atoms with Crippen LogP contribution in [0.15, 0.2) is 58.2 Å². The molecule has 3 aromatic rings. The van der Waals surface area contributed by atoms with E-state index in [1.165, 1.54) is 11.8 Å². The van der Waals surface area contributed by atoms with E-state index in [0.717, 1.165) is 11.1 Å². The number of anilines is 1. The van der Waals surface area contributed by atoms with Crippen LogP contribution in [0.4, 0.5) is 5.69 Å². The van der Waals surface area contributed by atoms with Crippen LogP contribution in [0.1, 0.15) is 43.6 Å². The lowest BCUT2D eigenvalue weighted by Gasteiger charge is -2.17. The van der Waals surface area contributed by atoms with Crippen LogP contribution in [-0.2, 0) is 4.79 Å². The Morgan fingerprint density at radius 2 is 1.77 bits per heavy atom. The molecule has 0 aliphatic rings. The summed E-state index contributed by atoms with van der Waals surface area (Å²) in [5, 5.41) is 10.9.